The summed E-state index contributed by atoms with van der Waals surface area (Å²) in [5, 5.41) is 0. The molecule has 0 aromatic heterocycles. The number of halogens is 3. The van der Waals surface area contributed by atoms with Crippen LogP contribution in [0.2, 0.25) is 0 Å². The summed E-state index contributed by atoms with van der Waals surface area (Å²) in [7, 11) is -4.47. The Morgan fingerprint density at radius 2 is 1.67 bits per heavy atom. The third-order valence-electron chi connectivity index (χ3n) is 3.05. The van der Waals surface area contributed by atoms with Crippen molar-refractivity contribution in [1.29, 1.82) is 0 Å². The number of carbonyl (C=O) groups excluding carboxylic acids is 1. The Morgan fingerprint density at radius 1 is 1.04 bits per heavy atom. The summed E-state index contributed by atoms with van der Waals surface area (Å²) in [6, 6.07) is 11.6. The number of anilines is 1. The van der Waals surface area contributed by atoms with Crippen LogP contribution in [0.25, 0.3) is 0 Å². The van der Waals surface area contributed by atoms with Crippen molar-refractivity contribution in [3.8, 4) is 5.75 Å². The maximum atomic E-state index is 12.5. The molecule has 0 aliphatic heterocycles. The molecule has 0 bridgehead atoms. The van der Waals surface area contributed by atoms with Gasteiger partial charge in [-0.1, -0.05) is 30.3 Å². The molecular formula is C15H12F3NO4S. The number of hydrogen-bond acceptors (Lipinski definition) is 4. The quantitative estimate of drug-likeness (QED) is 0.832. The minimum Gasteiger partial charge on any atom is -0.495 e. The number of sulfonamides is 1. The van der Waals surface area contributed by atoms with Crippen molar-refractivity contribution in [2.75, 3.05) is 11.8 Å². The zero-order chi connectivity index (χ0) is 18.0. The smallest absolute Gasteiger partial charge is 0.495 e. The van der Waals surface area contributed by atoms with Crippen molar-refractivity contribution in [3.63, 3.8) is 0 Å². The molecule has 0 unspecified atom stereocenters. The van der Waals surface area contributed by atoms with Crippen LogP contribution < -0.4 is 9.46 Å². The fourth-order valence-corrected chi connectivity index (χ4v) is 2.45. The highest BCUT2D eigenvalue weighted by atomic mass is 32.2. The first-order chi connectivity index (χ1) is 11.2. The number of alkyl halides is 3. The van der Waals surface area contributed by atoms with E-state index in [2.05, 4.69) is 0 Å². The van der Waals surface area contributed by atoms with Gasteiger partial charge in [0.05, 0.1) is 12.8 Å². The van der Waals surface area contributed by atoms with Crippen LogP contribution in [0.5, 0.6) is 5.75 Å². The zero-order valence-electron chi connectivity index (χ0n) is 12.3. The molecule has 0 aliphatic rings. The molecule has 9 heteroatoms. The van der Waals surface area contributed by atoms with E-state index in [1.54, 1.807) is 18.2 Å². The average Bonchev–Trinajstić information content (AvgIpc) is 2.53. The molecule has 0 fully saturated rings. The Kier molecular flexibility index (Phi) is 4.83. The van der Waals surface area contributed by atoms with E-state index < -0.39 is 27.0 Å². The Labute approximate surface area is 136 Å². The summed E-state index contributed by atoms with van der Waals surface area (Å²) < 4.78 is 66.3. The number of carbonyl (C=O) groups is 1. The molecule has 0 atom stereocenters. The first-order valence-corrected chi connectivity index (χ1v) is 8.01. The molecule has 0 heterocycles. The molecule has 2 aromatic carbocycles. The molecule has 0 aliphatic carbocycles. The first-order valence-electron chi connectivity index (χ1n) is 6.52. The highest BCUT2D eigenvalue weighted by Gasteiger charge is 2.46. The van der Waals surface area contributed by atoms with E-state index in [-0.39, 0.29) is 11.3 Å². The molecule has 2 aromatic rings. The summed E-state index contributed by atoms with van der Waals surface area (Å²) in [5.41, 5.74) is -5.64. The van der Waals surface area contributed by atoms with Gasteiger partial charge in [-0.15, -0.1) is 0 Å². The third kappa shape index (κ3) is 3.67. The maximum absolute atomic E-state index is 12.5. The lowest BCUT2D eigenvalue weighted by molar-refractivity contribution is -0.0429. The fraction of sp³-hybridized carbons (Fsp3) is 0.133. The standard InChI is InChI=1S/C15H12F3NO4S/c1-23-13-8-7-11(14(20)10-5-3-2-4-6-10)9-12(13)19-24(21,22)15(16,17)18/h2-9,19H,1H3. The number of benzene rings is 2. The summed E-state index contributed by atoms with van der Waals surface area (Å²) in [6.07, 6.45) is 0. The normalized spacial score (nSPS) is 11.8. The fourth-order valence-electron chi connectivity index (χ4n) is 1.89. The van der Waals surface area contributed by atoms with Gasteiger partial charge in [0.25, 0.3) is 0 Å². The van der Waals surface area contributed by atoms with E-state index in [4.69, 9.17) is 4.74 Å². The minimum absolute atomic E-state index is 0.0156. The predicted octanol–water partition coefficient (Wildman–Crippen LogP) is 3.19. The van der Waals surface area contributed by atoms with Gasteiger partial charge in [-0.05, 0) is 18.2 Å². The minimum atomic E-state index is -5.63. The molecule has 0 saturated carbocycles. The maximum Gasteiger partial charge on any atom is 0.516 e. The summed E-state index contributed by atoms with van der Waals surface area (Å²) in [5.74, 6) is -0.613. The van der Waals surface area contributed by atoms with Gasteiger partial charge in [0.2, 0.25) is 0 Å². The van der Waals surface area contributed by atoms with Gasteiger partial charge in [-0.25, -0.2) is 0 Å². The van der Waals surface area contributed by atoms with E-state index >= 15 is 0 Å². The lowest BCUT2D eigenvalue weighted by Crippen LogP contribution is -2.30. The molecule has 0 radical (unpaired) electrons. The lowest BCUT2D eigenvalue weighted by Gasteiger charge is -2.14. The average molecular weight is 359 g/mol. The van der Waals surface area contributed by atoms with Gasteiger partial charge in [-0.3, -0.25) is 9.52 Å². The van der Waals surface area contributed by atoms with E-state index in [9.17, 15) is 26.4 Å². The van der Waals surface area contributed by atoms with Gasteiger partial charge in [0.1, 0.15) is 5.75 Å². The molecule has 0 amide bonds. The molecule has 5 nitrogen and oxygen atoms in total. The van der Waals surface area contributed by atoms with Crippen LogP contribution in [0.15, 0.2) is 48.5 Å². The topological polar surface area (TPSA) is 72.5 Å². The van der Waals surface area contributed by atoms with Crippen LogP contribution in [0.1, 0.15) is 15.9 Å². The summed E-state index contributed by atoms with van der Waals surface area (Å²) >= 11 is 0. The SMILES string of the molecule is COc1ccc(C(=O)c2ccccc2)cc1NS(=O)(=O)C(F)(F)F. The molecule has 0 spiro atoms. The molecule has 0 saturated heterocycles. The summed E-state index contributed by atoms with van der Waals surface area (Å²) in [4.78, 5) is 12.3. The van der Waals surface area contributed by atoms with Crippen LogP contribution >= 0.6 is 0 Å². The molecule has 1 N–H and O–H groups in total. The highest BCUT2D eigenvalue weighted by molar-refractivity contribution is 7.93. The third-order valence-corrected chi connectivity index (χ3v) is 4.14. The van der Waals surface area contributed by atoms with Gasteiger partial charge in [-0.2, -0.15) is 21.6 Å². The number of nitrogens with one attached hydrogen (secondary N) is 1. The van der Waals surface area contributed by atoms with Gasteiger partial charge in [0.15, 0.2) is 5.78 Å². The Bertz CT molecular complexity index is 849. The number of ketones is 1. The lowest BCUT2D eigenvalue weighted by atomic mass is 10.0. The van der Waals surface area contributed by atoms with Crippen molar-refractivity contribution >= 4 is 21.5 Å². The van der Waals surface area contributed by atoms with Crippen molar-refractivity contribution in [2.45, 2.75) is 5.51 Å². The van der Waals surface area contributed by atoms with E-state index in [0.29, 0.717) is 5.56 Å². The van der Waals surface area contributed by atoms with E-state index in [0.717, 1.165) is 6.07 Å². The Morgan fingerprint density at radius 3 is 2.21 bits per heavy atom. The number of methoxy groups -OCH3 is 1. The largest absolute Gasteiger partial charge is 0.516 e. The molecule has 24 heavy (non-hydrogen) atoms. The Balaban J connectivity index is 2.44. The van der Waals surface area contributed by atoms with Crippen molar-refractivity contribution < 1.29 is 31.1 Å². The zero-order valence-corrected chi connectivity index (χ0v) is 13.1. The van der Waals surface area contributed by atoms with Crippen molar-refractivity contribution in [1.82, 2.24) is 0 Å². The summed E-state index contributed by atoms with van der Waals surface area (Å²) in [6.45, 7) is 0. The molecular weight excluding hydrogens is 347 g/mol. The second kappa shape index (κ2) is 6.52. The highest BCUT2D eigenvalue weighted by Crippen LogP contribution is 2.31. The second-order valence-corrected chi connectivity index (χ2v) is 6.34. The van der Waals surface area contributed by atoms with Crippen LogP contribution in [0, 0.1) is 0 Å². The van der Waals surface area contributed by atoms with Crippen LogP contribution in [-0.4, -0.2) is 26.8 Å². The molecule has 2 rings (SSSR count). The number of rotatable bonds is 5. The number of hydrogen-bond donors (Lipinski definition) is 1. The van der Waals surface area contributed by atoms with Crippen LogP contribution in [-0.2, 0) is 10.0 Å². The first kappa shape index (κ1) is 17.8. The number of ether oxygens (including phenoxy) is 1. The van der Waals surface area contributed by atoms with Crippen molar-refractivity contribution in [2.24, 2.45) is 0 Å². The van der Waals surface area contributed by atoms with E-state index in [1.165, 1.54) is 36.1 Å². The predicted molar refractivity (Wildman–Crippen MR) is 81.5 cm³/mol. The van der Waals surface area contributed by atoms with Crippen molar-refractivity contribution in [3.05, 3.63) is 59.7 Å². The van der Waals surface area contributed by atoms with Crippen LogP contribution in [0.4, 0.5) is 18.9 Å². The van der Waals surface area contributed by atoms with Gasteiger partial charge < -0.3 is 4.74 Å². The van der Waals surface area contributed by atoms with Gasteiger partial charge in [0, 0.05) is 11.1 Å². The van der Waals surface area contributed by atoms with Crippen LogP contribution in [0.3, 0.4) is 0 Å². The molecule has 128 valence electrons. The Hall–Kier alpha value is -2.55. The second-order valence-electron chi connectivity index (χ2n) is 4.66. The monoisotopic (exact) mass is 359 g/mol. The van der Waals surface area contributed by atoms with E-state index in [1.807, 2.05) is 0 Å². The van der Waals surface area contributed by atoms with Gasteiger partial charge >= 0.3 is 15.5 Å².